The van der Waals surface area contributed by atoms with Gasteiger partial charge in [0.05, 0.1) is 0 Å². The van der Waals surface area contributed by atoms with E-state index < -0.39 is 15.6 Å². The molecular weight excluding hydrogens is 213 g/mol. The summed E-state index contributed by atoms with van der Waals surface area (Å²) in [4.78, 5) is 43.1. The monoisotopic (exact) mass is 221 g/mol. The zero-order chi connectivity index (χ0) is 9.00. The molecule has 0 aliphatic heterocycles. The van der Waals surface area contributed by atoms with E-state index in [1.807, 2.05) is 0 Å². The van der Waals surface area contributed by atoms with Crippen molar-refractivity contribution in [2.45, 2.75) is 0 Å². The van der Waals surface area contributed by atoms with Crippen LogP contribution in [0.4, 0.5) is 0 Å². The average molecular weight is 221 g/mol. The van der Waals surface area contributed by atoms with Gasteiger partial charge in [-0.05, 0) is 0 Å². The summed E-state index contributed by atoms with van der Waals surface area (Å²) < 4.78 is 17.8. The molecule has 6 N–H and O–H groups in total. The maximum atomic E-state index is 8.88. The van der Waals surface area contributed by atoms with Gasteiger partial charge in [0.2, 0.25) is 0 Å². The van der Waals surface area contributed by atoms with Crippen molar-refractivity contribution >= 4 is 15.6 Å². The molecule has 0 heterocycles. The van der Waals surface area contributed by atoms with Gasteiger partial charge in [0.15, 0.2) is 0 Å². The van der Waals surface area contributed by atoms with E-state index in [4.69, 9.17) is 38.5 Å². The molecule has 0 aromatic carbocycles. The molecule has 0 aromatic heterocycles. The van der Waals surface area contributed by atoms with Gasteiger partial charge < -0.3 is 30.8 Å². The van der Waals surface area contributed by atoms with E-state index in [9.17, 15) is 0 Å². The van der Waals surface area contributed by atoms with E-state index in [2.05, 4.69) is 0 Å². The minimum atomic E-state index is -4.64. The SMILES string of the molecule is O=P(O)(O)O.O=P(O)(O)O.[H+].[H-].[Na+]. The van der Waals surface area contributed by atoms with Crippen molar-refractivity contribution in [2.75, 3.05) is 0 Å². The minimum Gasteiger partial charge on any atom is -1.00 e. The zero-order valence-electron chi connectivity index (χ0n) is 7.39. The fraction of sp³-hybridized carbons (Fsp3) is 0. The summed E-state index contributed by atoms with van der Waals surface area (Å²) in [6, 6.07) is 0. The molecule has 11 heteroatoms. The first-order valence-corrected chi connectivity index (χ1v) is 4.70. The predicted molar refractivity (Wildman–Crippen MR) is 30.7 cm³/mol. The van der Waals surface area contributed by atoms with E-state index >= 15 is 0 Å². The van der Waals surface area contributed by atoms with Crippen molar-refractivity contribution in [3.8, 4) is 0 Å². The predicted octanol–water partition coefficient (Wildman–Crippen LogP) is -4.63. The molecule has 0 amide bonds. The van der Waals surface area contributed by atoms with Crippen LogP contribution >= 0.6 is 15.6 Å². The molecule has 0 aliphatic carbocycles. The summed E-state index contributed by atoms with van der Waals surface area (Å²) in [5.74, 6) is 0. The Morgan fingerprint density at radius 3 is 0.818 bits per heavy atom. The van der Waals surface area contributed by atoms with E-state index in [-0.39, 0.29) is 32.4 Å². The first-order chi connectivity index (χ1) is 4.00. The van der Waals surface area contributed by atoms with Crippen molar-refractivity contribution in [2.24, 2.45) is 0 Å². The average Bonchev–Trinajstić information content (AvgIpc) is 1.12. The molecule has 0 aromatic rings. The summed E-state index contributed by atoms with van der Waals surface area (Å²) in [6.07, 6.45) is 0. The van der Waals surface area contributed by atoms with Crippen LogP contribution in [0.2, 0.25) is 0 Å². The topological polar surface area (TPSA) is 156 Å². The van der Waals surface area contributed by atoms with Gasteiger partial charge in [-0.25, -0.2) is 9.13 Å². The normalized spacial score (nSPS) is 10.7. The van der Waals surface area contributed by atoms with Crippen LogP contribution in [0.3, 0.4) is 0 Å². The maximum Gasteiger partial charge on any atom is 1.00 e. The van der Waals surface area contributed by atoms with Crippen LogP contribution in [-0.2, 0) is 9.13 Å². The summed E-state index contributed by atoms with van der Waals surface area (Å²) in [6.45, 7) is 0. The summed E-state index contributed by atoms with van der Waals surface area (Å²) in [5, 5.41) is 0. The first kappa shape index (κ1) is 18.1. The second kappa shape index (κ2) is 6.71. The molecule has 0 bridgehead atoms. The third-order valence-electron chi connectivity index (χ3n) is 0. The molecular formula is H8NaO8P2+. The van der Waals surface area contributed by atoms with Crippen LogP contribution in [0.15, 0.2) is 0 Å². The van der Waals surface area contributed by atoms with Crippen molar-refractivity contribution in [3.05, 3.63) is 0 Å². The summed E-state index contributed by atoms with van der Waals surface area (Å²) >= 11 is 0. The fourth-order valence-electron chi connectivity index (χ4n) is 0. The minimum absolute atomic E-state index is 0. The molecule has 0 radical (unpaired) electrons. The zero-order valence-corrected chi connectivity index (χ0v) is 9.18. The van der Waals surface area contributed by atoms with Crippen LogP contribution in [0.5, 0.6) is 0 Å². The molecule has 0 aliphatic rings. The molecule has 8 nitrogen and oxygen atoms in total. The molecule has 0 rings (SSSR count). The molecule has 0 saturated heterocycles. The van der Waals surface area contributed by atoms with E-state index in [0.717, 1.165) is 0 Å². The first-order valence-electron chi connectivity index (χ1n) is 1.57. The van der Waals surface area contributed by atoms with Crippen molar-refractivity contribution in [1.29, 1.82) is 0 Å². The van der Waals surface area contributed by atoms with Crippen molar-refractivity contribution in [1.82, 2.24) is 0 Å². The third kappa shape index (κ3) is 641. The largest absolute Gasteiger partial charge is 1.00 e. The van der Waals surface area contributed by atoms with Crippen LogP contribution < -0.4 is 29.6 Å². The summed E-state index contributed by atoms with van der Waals surface area (Å²) in [5.41, 5.74) is 0. The Hall–Kier alpha value is 1.22. The van der Waals surface area contributed by atoms with E-state index in [0.29, 0.717) is 0 Å². The Kier molecular flexibility index (Phi) is 11.0. The number of hydrogen-bond acceptors (Lipinski definition) is 2. The Morgan fingerprint density at radius 2 is 0.818 bits per heavy atom. The third-order valence-corrected chi connectivity index (χ3v) is 0. The van der Waals surface area contributed by atoms with Gasteiger partial charge in [0.25, 0.3) is 0 Å². The van der Waals surface area contributed by atoms with Crippen LogP contribution in [-0.4, -0.2) is 29.4 Å². The van der Waals surface area contributed by atoms with Gasteiger partial charge in [0, 0.05) is 0 Å². The van der Waals surface area contributed by atoms with Gasteiger partial charge in [-0.3, -0.25) is 0 Å². The van der Waals surface area contributed by atoms with Gasteiger partial charge in [-0.2, -0.15) is 0 Å². The molecule has 66 valence electrons. The Bertz CT molecular complexity index is 132. The molecule has 11 heavy (non-hydrogen) atoms. The van der Waals surface area contributed by atoms with Crippen LogP contribution in [0, 0.1) is 0 Å². The number of phosphoric acid groups is 2. The van der Waals surface area contributed by atoms with Gasteiger partial charge in [0.1, 0.15) is 0 Å². The van der Waals surface area contributed by atoms with Gasteiger partial charge in [-0.15, -0.1) is 0 Å². The van der Waals surface area contributed by atoms with Crippen molar-refractivity contribution in [3.63, 3.8) is 0 Å². The number of hydrogen-bond donors (Lipinski definition) is 6. The molecule has 0 atom stereocenters. The van der Waals surface area contributed by atoms with E-state index in [1.54, 1.807) is 0 Å². The quantitative estimate of drug-likeness (QED) is 0.176. The second-order valence-electron chi connectivity index (χ2n) is 1.03. The van der Waals surface area contributed by atoms with Crippen LogP contribution in [0.25, 0.3) is 0 Å². The molecule has 0 unspecified atom stereocenters. The Morgan fingerprint density at radius 1 is 0.818 bits per heavy atom. The van der Waals surface area contributed by atoms with Gasteiger partial charge in [-0.1, -0.05) is 0 Å². The molecule has 0 saturated carbocycles. The number of rotatable bonds is 0. The standard InChI is InChI=1S/Na.2H3O4P.H/c;2*1-5(2,3)4;/h;2*(H3,1,2,3,4);/q+1;;;-1/p+1. The summed E-state index contributed by atoms with van der Waals surface area (Å²) in [7, 11) is -9.28. The van der Waals surface area contributed by atoms with E-state index in [1.165, 1.54) is 0 Å². The Balaban J connectivity index is -0.0000000267. The van der Waals surface area contributed by atoms with Gasteiger partial charge >= 0.3 is 46.6 Å². The smallest absolute Gasteiger partial charge is 1.00 e. The second-order valence-corrected chi connectivity index (χ2v) is 3.08. The fourth-order valence-corrected chi connectivity index (χ4v) is 0. The molecule has 0 spiro atoms. The Labute approximate surface area is 86.6 Å². The van der Waals surface area contributed by atoms with Crippen molar-refractivity contribution < 1.29 is 70.9 Å². The molecule has 0 fully saturated rings. The maximum absolute atomic E-state index is 8.88. The van der Waals surface area contributed by atoms with Crippen LogP contribution in [0.1, 0.15) is 2.85 Å².